The molecule has 358 valence electrons. The van der Waals surface area contributed by atoms with Crippen molar-refractivity contribution in [3.05, 3.63) is 51.6 Å². The smallest absolute Gasteiger partial charge is 0.306 e. The molecule has 6 rings (SSSR count). The molecule has 0 aromatic heterocycles. The lowest BCUT2D eigenvalue weighted by molar-refractivity contribution is -0.245. The first-order chi connectivity index (χ1) is 31.0. The number of amides is 1. The summed E-state index contributed by atoms with van der Waals surface area (Å²) in [7, 11) is 1.33. The van der Waals surface area contributed by atoms with Gasteiger partial charge >= 0.3 is 5.97 Å². The molecule has 16 nitrogen and oxygen atoms in total. The summed E-state index contributed by atoms with van der Waals surface area (Å²) in [6.07, 6.45) is 5.91. The molecule has 2 fully saturated rings. The van der Waals surface area contributed by atoms with E-state index in [1.165, 1.54) is 31.7 Å². The summed E-state index contributed by atoms with van der Waals surface area (Å²) in [5, 5.41) is 61.1. The zero-order valence-electron chi connectivity index (χ0n) is 38.5. The van der Waals surface area contributed by atoms with Gasteiger partial charge in [-0.2, -0.15) is 5.10 Å². The number of hydrogen-bond donors (Lipinski definition) is 7. The molecule has 0 unspecified atom stereocenters. The van der Waals surface area contributed by atoms with Crippen molar-refractivity contribution in [3.63, 3.8) is 0 Å². The minimum absolute atomic E-state index is 0.00333. The number of phenolic OH excluding ortho intramolecular Hbond substituents is 2. The van der Waals surface area contributed by atoms with Crippen molar-refractivity contribution in [1.82, 2.24) is 5.43 Å². The van der Waals surface area contributed by atoms with Crippen LogP contribution in [0, 0.1) is 17.8 Å². The molecule has 1 amide bonds. The maximum Gasteiger partial charge on any atom is 0.306 e. The van der Waals surface area contributed by atoms with E-state index >= 15 is 0 Å². The van der Waals surface area contributed by atoms with Gasteiger partial charge in [0.1, 0.15) is 29.0 Å². The van der Waals surface area contributed by atoms with Gasteiger partial charge in [-0.25, -0.2) is 5.43 Å². The predicted octanol–water partition coefficient (Wildman–Crippen LogP) is 5.81. The van der Waals surface area contributed by atoms with Crippen LogP contribution in [-0.2, 0) is 30.2 Å². The Morgan fingerprint density at radius 1 is 0.938 bits per heavy atom. The number of fused-ring (bicyclic) bond motifs is 3. The third kappa shape index (κ3) is 11.2. The van der Waals surface area contributed by atoms with Gasteiger partial charge in [0.2, 0.25) is 11.7 Å². The average molecular weight is 908 g/mol. The summed E-state index contributed by atoms with van der Waals surface area (Å²) in [4.78, 5) is 53.5. The van der Waals surface area contributed by atoms with Gasteiger partial charge < -0.3 is 50.2 Å². The Morgan fingerprint density at radius 2 is 1.60 bits per heavy atom. The number of benzene rings is 2. The van der Waals surface area contributed by atoms with E-state index in [1.807, 2.05) is 0 Å². The van der Waals surface area contributed by atoms with Crippen LogP contribution >= 0.6 is 0 Å². The fourth-order valence-electron chi connectivity index (χ4n) is 10.2. The first-order valence-electron chi connectivity index (χ1n) is 23.5. The second-order valence-corrected chi connectivity index (χ2v) is 19.0. The second-order valence-electron chi connectivity index (χ2n) is 19.0. The number of phenols is 2. The van der Waals surface area contributed by atoms with Crippen molar-refractivity contribution in [2.24, 2.45) is 28.6 Å². The van der Waals surface area contributed by atoms with Gasteiger partial charge in [0.15, 0.2) is 12.1 Å². The van der Waals surface area contributed by atoms with E-state index < -0.39 is 95.8 Å². The number of nitrogens with two attached hydrogens (primary N) is 1. The number of esters is 1. The maximum atomic E-state index is 14.0. The predicted molar refractivity (Wildman–Crippen MR) is 240 cm³/mol. The summed E-state index contributed by atoms with van der Waals surface area (Å²) in [6.45, 7) is 7.42. The monoisotopic (exact) mass is 907 g/mol. The first-order valence-corrected chi connectivity index (χ1v) is 23.5. The number of nitrogens with one attached hydrogen (secondary N) is 1. The van der Waals surface area contributed by atoms with Crippen molar-refractivity contribution in [3.8, 4) is 17.2 Å². The summed E-state index contributed by atoms with van der Waals surface area (Å²) in [5.41, 5.74) is 4.90. The summed E-state index contributed by atoms with van der Waals surface area (Å²) >= 11 is 0. The number of hydrazone groups is 1. The fourth-order valence-corrected chi connectivity index (χ4v) is 10.2. The third-order valence-electron chi connectivity index (χ3n) is 13.9. The van der Waals surface area contributed by atoms with Crippen LogP contribution in [0.25, 0.3) is 0 Å². The van der Waals surface area contributed by atoms with Crippen molar-refractivity contribution in [2.75, 3.05) is 13.7 Å². The van der Waals surface area contributed by atoms with Gasteiger partial charge in [-0.15, -0.1) is 0 Å². The molecule has 0 radical (unpaired) electrons. The number of methoxy groups -OCH3 is 1. The van der Waals surface area contributed by atoms with E-state index in [1.54, 1.807) is 6.92 Å². The largest absolute Gasteiger partial charge is 0.507 e. The summed E-state index contributed by atoms with van der Waals surface area (Å²) < 4.78 is 23.5. The number of unbranched alkanes of at least 4 members (excludes halogenated alkanes) is 7. The minimum Gasteiger partial charge on any atom is -0.507 e. The van der Waals surface area contributed by atoms with Crippen LogP contribution in [0.15, 0.2) is 23.3 Å². The molecule has 3 aliphatic carbocycles. The number of carbonyl (C=O) groups excluding carboxylic acids is 4. The number of ketones is 2. The standard InChI is InChI=1S/C49H69N3O13/c1-26(2)29-20-19-27(3)21-34(29)64-38(55)18-13-11-9-7-6-8-10-12-17-37(54)52-51-36(25-53)49(61)23-31-41(35(24-49)65-39-22-32(50)44(56)28(4)63-39)48(60)43-42(46(31)58)45(57)30-15-14-16-33(62-5)40(30)47(43)59/h14-16,26-29,32,34-35,39,44,53,56,58,60-61H,6-13,17-25,50H2,1-5H3,(H,52,54)/b51-36+/t27-,28+,29+,32+,34-,35+,39+,44-,49+/m1/s1. The number of ether oxygens (including phenoxy) is 4. The normalized spacial score (nSPS) is 27.8. The Labute approximate surface area is 381 Å². The Morgan fingerprint density at radius 3 is 2.25 bits per heavy atom. The van der Waals surface area contributed by atoms with Gasteiger partial charge in [0.25, 0.3) is 0 Å². The number of nitrogens with zero attached hydrogens (tertiary/aromatic N) is 1. The highest BCUT2D eigenvalue weighted by molar-refractivity contribution is 6.31. The zero-order chi connectivity index (χ0) is 47.2. The van der Waals surface area contributed by atoms with E-state index in [9.17, 15) is 44.7 Å². The topological polar surface area (TPSA) is 257 Å². The van der Waals surface area contributed by atoms with Crippen LogP contribution in [0.3, 0.4) is 0 Å². The highest BCUT2D eigenvalue weighted by atomic mass is 16.7. The minimum atomic E-state index is -2.12. The Hall–Kier alpha value is -4.45. The Balaban J connectivity index is 1.05. The van der Waals surface area contributed by atoms with E-state index in [0.29, 0.717) is 30.6 Å². The van der Waals surface area contributed by atoms with Crippen LogP contribution in [0.4, 0.5) is 0 Å². The van der Waals surface area contributed by atoms with E-state index in [-0.39, 0.29) is 58.6 Å². The van der Waals surface area contributed by atoms with Gasteiger partial charge in [0.05, 0.1) is 54.4 Å². The van der Waals surface area contributed by atoms with Crippen molar-refractivity contribution in [2.45, 2.75) is 173 Å². The molecular formula is C49H69N3O13. The molecule has 16 heteroatoms. The summed E-state index contributed by atoms with van der Waals surface area (Å²) in [6, 6.07) is 3.66. The lowest BCUT2D eigenvalue weighted by Crippen LogP contribution is -2.53. The van der Waals surface area contributed by atoms with E-state index in [2.05, 4.69) is 31.3 Å². The van der Waals surface area contributed by atoms with Crippen LogP contribution in [0.5, 0.6) is 17.2 Å². The maximum absolute atomic E-state index is 14.0. The van der Waals surface area contributed by atoms with Crippen LogP contribution < -0.4 is 15.9 Å². The van der Waals surface area contributed by atoms with Crippen LogP contribution in [0.1, 0.15) is 173 Å². The lowest BCUT2D eigenvalue weighted by Gasteiger charge is -2.43. The molecule has 0 bridgehead atoms. The van der Waals surface area contributed by atoms with Crippen molar-refractivity contribution >= 4 is 29.2 Å². The molecule has 9 atom stereocenters. The molecule has 1 aliphatic heterocycles. The number of carbonyl (C=O) groups is 4. The third-order valence-corrected chi connectivity index (χ3v) is 13.9. The molecule has 1 heterocycles. The SMILES string of the molecule is COc1cccc2c1C(=O)c1c(O)c3c(c(O)c1C2=O)C[C@@](O)(/C(CO)=N/NC(=O)CCCCCCCCCCC(=O)O[C@@H]1C[C@H](C)CC[C@H]1C(C)C)C[C@@H]3O[C@H]1C[C@H](N)[C@H](O)[C@H](C)O1. The highest BCUT2D eigenvalue weighted by Crippen LogP contribution is 2.52. The van der Waals surface area contributed by atoms with E-state index in [0.717, 1.165) is 57.8 Å². The van der Waals surface area contributed by atoms with Gasteiger partial charge in [0, 0.05) is 54.8 Å². The molecule has 2 aromatic carbocycles. The number of aliphatic hydroxyl groups is 3. The quantitative estimate of drug-likeness (QED) is 0.0246. The molecule has 65 heavy (non-hydrogen) atoms. The van der Waals surface area contributed by atoms with E-state index in [4.69, 9.17) is 24.7 Å². The Bertz CT molecular complexity index is 2080. The fraction of sp³-hybridized carbons (Fsp3) is 0.653. The van der Waals surface area contributed by atoms with Crippen molar-refractivity contribution < 1.29 is 63.7 Å². The molecule has 1 saturated carbocycles. The average Bonchev–Trinajstić information content (AvgIpc) is 3.26. The highest BCUT2D eigenvalue weighted by Gasteiger charge is 2.50. The van der Waals surface area contributed by atoms with Crippen LogP contribution in [-0.4, -0.2) is 105 Å². The van der Waals surface area contributed by atoms with Gasteiger partial charge in [-0.05, 0) is 56.4 Å². The second kappa shape index (κ2) is 21.9. The molecule has 0 spiro atoms. The first kappa shape index (κ1) is 50.0. The number of aromatic hydroxyl groups is 2. The summed E-state index contributed by atoms with van der Waals surface area (Å²) in [5.74, 6) is -1.78. The number of aliphatic hydroxyl groups excluding tert-OH is 2. The Kier molecular flexibility index (Phi) is 16.8. The van der Waals surface area contributed by atoms with Gasteiger partial charge in [-0.3, -0.25) is 19.2 Å². The molecule has 4 aliphatic rings. The zero-order valence-corrected chi connectivity index (χ0v) is 38.5. The number of hydrogen-bond acceptors (Lipinski definition) is 15. The number of rotatable bonds is 19. The lowest BCUT2D eigenvalue weighted by atomic mass is 9.71. The molecule has 8 N–H and O–H groups in total. The van der Waals surface area contributed by atoms with Gasteiger partial charge in [-0.1, -0.05) is 77.8 Å². The molecular weight excluding hydrogens is 839 g/mol. The molecule has 1 saturated heterocycles. The van der Waals surface area contributed by atoms with Crippen molar-refractivity contribution in [1.29, 1.82) is 0 Å². The van der Waals surface area contributed by atoms with Crippen LogP contribution in [0.2, 0.25) is 0 Å². The molecule has 2 aromatic rings.